The van der Waals surface area contributed by atoms with Crippen LogP contribution in [0.5, 0.6) is 0 Å². The number of carbonyl (C=O) groups excluding carboxylic acids is 2. The van der Waals surface area contributed by atoms with Gasteiger partial charge in [-0.3, -0.25) is 9.59 Å². The Hall–Kier alpha value is -2.30. The SMILES string of the molecule is CCOC(=O)C[C@H]1CCC(=O)N2CCc3c([nH]c4ccccc34)[C@@H]12. The van der Waals surface area contributed by atoms with Gasteiger partial charge in [0.05, 0.1) is 19.1 Å². The lowest BCUT2D eigenvalue weighted by molar-refractivity contribution is -0.149. The number of nitrogens with zero attached hydrogens (tertiary/aromatic N) is 1. The number of esters is 1. The van der Waals surface area contributed by atoms with E-state index in [4.69, 9.17) is 4.74 Å². The van der Waals surface area contributed by atoms with E-state index in [9.17, 15) is 9.59 Å². The van der Waals surface area contributed by atoms with E-state index in [1.807, 2.05) is 24.0 Å². The number of benzene rings is 1. The summed E-state index contributed by atoms with van der Waals surface area (Å²) in [6.45, 7) is 2.96. The monoisotopic (exact) mass is 326 g/mol. The van der Waals surface area contributed by atoms with Crippen molar-refractivity contribution in [2.75, 3.05) is 13.2 Å². The predicted octanol–water partition coefficient (Wildman–Crippen LogP) is 2.96. The van der Waals surface area contributed by atoms with Crippen LogP contribution in [0.15, 0.2) is 24.3 Å². The fourth-order valence-electron chi connectivity index (χ4n) is 4.30. The molecule has 1 aromatic heterocycles. The number of H-pyrrole nitrogens is 1. The molecule has 1 aromatic carbocycles. The zero-order valence-corrected chi connectivity index (χ0v) is 13.9. The standard InChI is InChI=1S/C19H22N2O3/c1-2-24-17(23)11-12-7-8-16(22)21-10-9-14-13-5-3-4-6-15(13)20-18(14)19(12)21/h3-6,12,19-20H,2,7-11H2,1H3/t12-,19-/m1/s1. The third kappa shape index (κ3) is 2.39. The number of nitrogens with one attached hydrogen (secondary N) is 1. The van der Waals surface area contributed by atoms with E-state index >= 15 is 0 Å². The molecule has 0 bridgehead atoms. The fourth-order valence-corrected chi connectivity index (χ4v) is 4.30. The molecule has 1 fully saturated rings. The average Bonchev–Trinajstić information content (AvgIpc) is 2.96. The Morgan fingerprint density at radius 3 is 3.00 bits per heavy atom. The van der Waals surface area contributed by atoms with Gasteiger partial charge < -0.3 is 14.6 Å². The van der Waals surface area contributed by atoms with Gasteiger partial charge in [0, 0.05) is 29.6 Å². The zero-order chi connectivity index (χ0) is 16.7. The second kappa shape index (κ2) is 5.96. The van der Waals surface area contributed by atoms with Crippen LogP contribution in [0.25, 0.3) is 10.9 Å². The number of aromatic nitrogens is 1. The van der Waals surface area contributed by atoms with E-state index in [2.05, 4.69) is 17.1 Å². The Morgan fingerprint density at radius 2 is 2.17 bits per heavy atom. The molecular weight excluding hydrogens is 304 g/mol. The van der Waals surface area contributed by atoms with Crippen molar-refractivity contribution in [3.63, 3.8) is 0 Å². The van der Waals surface area contributed by atoms with Crippen molar-refractivity contribution < 1.29 is 14.3 Å². The maximum atomic E-state index is 12.4. The first-order valence-corrected chi connectivity index (χ1v) is 8.73. The summed E-state index contributed by atoms with van der Waals surface area (Å²) in [7, 11) is 0. The summed E-state index contributed by atoms with van der Waals surface area (Å²) in [5.41, 5.74) is 3.53. The summed E-state index contributed by atoms with van der Waals surface area (Å²) >= 11 is 0. The Kier molecular flexibility index (Phi) is 3.79. The Morgan fingerprint density at radius 1 is 1.33 bits per heavy atom. The van der Waals surface area contributed by atoms with E-state index in [1.165, 1.54) is 10.9 Å². The van der Waals surface area contributed by atoms with Gasteiger partial charge in [-0.1, -0.05) is 18.2 Å². The molecular formula is C19H22N2O3. The normalized spacial score (nSPS) is 23.0. The number of para-hydroxylation sites is 1. The van der Waals surface area contributed by atoms with Gasteiger partial charge in [-0.2, -0.15) is 0 Å². The second-order valence-corrected chi connectivity index (χ2v) is 6.65. The molecule has 0 spiro atoms. The maximum Gasteiger partial charge on any atom is 0.306 e. The molecule has 24 heavy (non-hydrogen) atoms. The summed E-state index contributed by atoms with van der Waals surface area (Å²) in [6, 6.07) is 8.23. The summed E-state index contributed by atoms with van der Waals surface area (Å²) < 4.78 is 5.15. The molecule has 1 amide bonds. The van der Waals surface area contributed by atoms with E-state index in [0.717, 1.165) is 30.6 Å². The van der Waals surface area contributed by atoms with Crippen LogP contribution in [0.1, 0.15) is 43.5 Å². The molecule has 0 radical (unpaired) electrons. The van der Waals surface area contributed by atoms with Crippen LogP contribution in [0.2, 0.25) is 0 Å². The first kappa shape index (κ1) is 15.2. The molecule has 0 saturated carbocycles. The van der Waals surface area contributed by atoms with Crippen molar-refractivity contribution in [3.8, 4) is 0 Å². The molecule has 5 heteroatoms. The Labute approximate surface area is 141 Å². The van der Waals surface area contributed by atoms with Crippen molar-refractivity contribution >= 4 is 22.8 Å². The Balaban J connectivity index is 1.74. The van der Waals surface area contributed by atoms with Gasteiger partial charge in [0.2, 0.25) is 5.91 Å². The van der Waals surface area contributed by atoms with Crippen LogP contribution >= 0.6 is 0 Å². The van der Waals surface area contributed by atoms with Crippen LogP contribution in [0.4, 0.5) is 0 Å². The summed E-state index contributed by atoms with van der Waals surface area (Å²) in [5.74, 6) is 0.151. The number of aromatic amines is 1. The third-order valence-corrected chi connectivity index (χ3v) is 5.31. The highest BCUT2D eigenvalue weighted by molar-refractivity contribution is 5.86. The molecule has 2 atom stereocenters. The molecule has 3 heterocycles. The minimum Gasteiger partial charge on any atom is -0.466 e. The number of amides is 1. The topological polar surface area (TPSA) is 62.4 Å². The van der Waals surface area contributed by atoms with E-state index in [1.54, 1.807) is 0 Å². The van der Waals surface area contributed by atoms with Crippen LogP contribution in [-0.4, -0.2) is 34.9 Å². The van der Waals surface area contributed by atoms with Gasteiger partial charge in [-0.15, -0.1) is 0 Å². The lowest BCUT2D eigenvalue weighted by atomic mass is 9.80. The molecule has 0 aliphatic carbocycles. The van der Waals surface area contributed by atoms with Crippen molar-refractivity contribution in [2.24, 2.45) is 5.92 Å². The predicted molar refractivity (Wildman–Crippen MR) is 90.4 cm³/mol. The number of piperidine rings is 1. The number of hydrogen-bond donors (Lipinski definition) is 1. The van der Waals surface area contributed by atoms with E-state index < -0.39 is 0 Å². The fraction of sp³-hybridized carbons (Fsp3) is 0.474. The quantitative estimate of drug-likeness (QED) is 0.882. The molecule has 4 rings (SSSR count). The summed E-state index contributed by atoms with van der Waals surface area (Å²) in [5, 5.41) is 1.24. The molecule has 2 aromatic rings. The molecule has 2 aliphatic heterocycles. The molecule has 5 nitrogen and oxygen atoms in total. The largest absolute Gasteiger partial charge is 0.466 e. The van der Waals surface area contributed by atoms with Gasteiger partial charge >= 0.3 is 5.97 Å². The maximum absolute atomic E-state index is 12.4. The lowest BCUT2D eigenvalue weighted by Gasteiger charge is -2.43. The van der Waals surface area contributed by atoms with E-state index in [-0.39, 0.29) is 23.8 Å². The van der Waals surface area contributed by atoms with Gasteiger partial charge in [-0.05, 0) is 37.3 Å². The first-order valence-electron chi connectivity index (χ1n) is 8.73. The molecule has 2 aliphatic rings. The highest BCUT2D eigenvalue weighted by Crippen LogP contribution is 2.44. The number of carbonyl (C=O) groups is 2. The highest BCUT2D eigenvalue weighted by Gasteiger charge is 2.42. The van der Waals surface area contributed by atoms with Gasteiger partial charge in [0.15, 0.2) is 0 Å². The number of ether oxygens (including phenoxy) is 1. The Bertz CT molecular complexity index is 795. The second-order valence-electron chi connectivity index (χ2n) is 6.65. The number of fused-ring (bicyclic) bond motifs is 5. The van der Waals surface area contributed by atoms with Crippen molar-refractivity contribution in [3.05, 3.63) is 35.5 Å². The lowest BCUT2D eigenvalue weighted by Crippen LogP contribution is -2.47. The summed E-state index contributed by atoms with van der Waals surface area (Å²) in [6.07, 6.45) is 2.51. The van der Waals surface area contributed by atoms with Gasteiger partial charge in [-0.25, -0.2) is 0 Å². The van der Waals surface area contributed by atoms with Crippen molar-refractivity contribution in [1.82, 2.24) is 9.88 Å². The molecule has 0 unspecified atom stereocenters. The van der Waals surface area contributed by atoms with Gasteiger partial charge in [0.1, 0.15) is 0 Å². The first-order chi connectivity index (χ1) is 11.7. The molecule has 126 valence electrons. The van der Waals surface area contributed by atoms with E-state index in [0.29, 0.717) is 19.4 Å². The van der Waals surface area contributed by atoms with Crippen molar-refractivity contribution in [1.29, 1.82) is 0 Å². The molecule has 1 N–H and O–H groups in total. The summed E-state index contributed by atoms with van der Waals surface area (Å²) in [4.78, 5) is 29.9. The number of hydrogen-bond acceptors (Lipinski definition) is 3. The number of rotatable bonds is 3. The van der Waals surface area contributed by atoms with Crippen LogP contribution in [-0.2, 0) is 20.7 Å². The van der Waals surface area contributed by atoms with Crippen LogP contribution in [0, 0.1) is 5.92 Å². The van der Waals surface area contributed by atoms with Gasteiger partial charge in [0.25, 0.3) is 0 Å². The third-order valence-electron chi connectivity index (χ3n) is 5.31. The minimum atomic E-state index is -0.167. The van der Waals surface area contributed by atoms with Crippen LogP contribution in [0.3, 0.4) is 0 Å². The highest BCUT2D eigenvalue weighted by atomic mass is 16.5. The minimum absolute atomic E-state index is 0.0354. The average molecular weight is 326 g/mol. The molecule has 1 saturated heterocycles. The van der Waals surface area contributed by atoms with Crippen LogP contribution < -0.4 is 0 Å². The van der Waals surface area contributed by atoms with Crippen molar-refractivity contribution in [2.45, 2.75) is 38.6 Å². The smallest absolute Gasteiger partial charge is 0.306 e. The zero-order valence-electron chi connectivity index (χ0n) is 13.9.